The molecule has 0 aliphatic carbocycles. The molecule has 0 heterocycles. The highest BCUT2D eigenvalue weighted by Gasteiger charge is 2.13. The van der Waals surface area contributed by atoms with Gasteiger partial charge in [0.2, 0.25) is 0 Å². The van der Waals surface area contributed by atoms with Crippen LogP contribution in [0.3, 0.4) is 0 Å². The average molecular weight is 328 g/mol. The van der Waals surface area contributed by atoms with E-state index in [9.17, 15) is 14.9 Å². The molecule has 6 nitrogen and oxygen atoms in total. The lowest BCUT2D eigenvalue weighted by Gasteiger charge is -2.10. The molecule has 0 aliphatic heterocycles. The summed E-state index contributed by atoms with van der Waals surface area (Å²) in [6.07, 6.45) is 0. The lowest BCUT2D eigenvalue weighted by Crippen LogP contribution is -2.28. The average Bonchev–Trinajstić information content (AvgIpc) is 2.52. The Bertz CT molecular complexity index is 772. The molecule has 2 aromatic rings. The van der Waals surface area contributed by atoms with E-state index in [0.29, 0.717) is 24.3 Å². The SMILES string of the molecule is Cc1ccc(OCCNC(=O)c2ccc([N+](=O)[O-])c(C)c2)c(C)c1. The van der Waals surface area contributed by atoms with Crippen LogP contribution in [0.25, 0.3) is 0 Å². The van der Waals surface area contributed by atoms with Crippen LogP contribution in [0.1, 0.15) is 27.0 Å². The van der Waals surface area contributed by atoms with E-state index in [2.05, 4.69) is 5.32 Å². The van der Waals surface area contributed by atoms with Crippen LogP contribution in [-0.2, 0) is 0 Å². The molecule has 0 saturated carbocycles. The van der Waals surface area contributed by atoms with Crippen LogP contribution in [0.2, 0.25) is 0 Å². The molecule has 6 heteroatoms. The van der Waals surface area contributed by atoms with Gasteiger partial charge in [-0.1, -0.05) is 17.7 Å². The van der Waals surface area contributed by atoms with E-state index >= 15 is 0 Å². The molecule has 1 N–H and O–H groups in total. The minimum Gasteiger partial charge on any atom is -0.491 e. The summed E-state index contributed by atoms with van der Waals surface area (Å²) in [6, 6.07) is 10.2. The van der Waals surface area contributed by atoms with Crippen LogP contribution in [0, 0.1) is 30.9 Å². The van der Waals surface area contributed by atoms with Crippen LogP contribution in [-0.4, -0.2) is 24.0 Å². The number of nitrogens with zero attached hydrogens (tertiary/aromatic N) is 1. The van der Waals surface area contributed by atoms with Crippen LogP contribution >= 0.6 is 0 Å². The summed E-state index contributed by atoms with van der Waals surface area (Å²) in [7, 11) is 0. The van der Waals surface area contributed by atoms with Gasteiger partial charge in [0.15, 0.2) is 0 Å². The highest BCUT2D eigenvalue weighted by molar-refractivity contribution is 5.94. The molecule has 0 aromatic heterocycles. The predicted molar refractivity (Wildman–Crippen MR) is 91.6 cm³/mol. The highest BCUT2D eigenvalue weighted by atomic mass is 16.6. The first-order valence-corrected chi connectivity index (χ1v) is 7.62. The Morgan fingerprint density at radius 3 is 2.50 bits per heavy atom. The van der Waals surface area contributed by atoms with E-state index < -0.39 is 4.92 Å². The Hall–Kier alpha value is -2.89. The van der Waals surface area contributed by atoms with Gasteiger partial charge in [0.25, 0.3) is 11.6 Å². The number of aryl methyl sites for hydroxylation is 3. The zero-order valence-electron chi connectivity index (χ0n) is 14.0. The molecule has 0 unspecified atom stereocenters. The lowest BCUT2D eigenvalue weighted by molar-refractivity contribution is -0.385. The molecule has 2 rings (SSSR count). The number of carbonyl (C=O) groups excluding carboxylic acids is 1. The monoisotopic (exact) mass is 328 g/mol. The van der Waals surface area contributed by atoms with Gasteiger partial charge >= 0.3 is 0 Å². The second-order valence-corrected chi connectivity index (χ2v) is 5.63. The maximum absolute atomic E-state index is 12.1. The molecule has 2 aromatic carbocycles. The van der Waals surface area contributed by atoms with Crippen molar-refractivity contribution in [2.75, 3.05) is 13.2 Å². The van der Waals surface area contributed by atoms with Crippen LogP contribution in [0.4, 0.5) is 5.69 Å². The van der Waals surface area contributed by atoms with Crippen molar-refractivity contribution in [3.63, 3.8) is 0 Å². The van der Waals surface area contributed by atoms with Gasteiger partial charge in [-0.25, -0.2) is 0 Å². The Labute approximate surface area is 140 Å². The second kappa shape index (κ2) is 7.59. The number of nitro groups is 1. The molecule has 1 amide bonds. The summed E-state index contributed by atoms with van der Waals surface area (Å²) in [6.45, 7) is 6.30. The van der Waals surface area contributed by atoms with E-state index in [1.165, 1.54) is 23.8 Å². The molecule has 126 valence electrons. The summed E-state index contributed by atoms with van der Waals surface area (Å²) in [5.74, 6) is 0.512. The van der Waals surface area contributed by atoms with Crippen LogP contribution in [0.15, 0.2) is 36.4 Å². The molecule has 24 heavy (non-hydrogen) atoms. The van der Waals surface area contributed by atoms with E-state index in [1.54, 1.807) is 6.92 Å². The number of carbonyl (C=O) groups is 1. The zero-order chi connectivity index (χ0) is 17.7. The van der Waals surface area contributed by atoms with Crippen molar-refractivity contribution in [2.24, 2.45) is 0 Å². The van der Waals surface area contributed by atoms with Crippen molar-refractivity contribution < 1.29 is 14.5 Å². The van der Waals surface area contributed by atoms with E-state index in [1.807, 2.05) is 32.0 Å². The molecule has 0 aliphatic rings. The molecule has 0 bridgehead atoms. The summed E-state index contributed by atoms with van der Waals surface area (Å²) in [5.41, 5.74) is 3.07. The van der Waals surface area contributed by atoms with Crippen molar-refractivity contribution in [1.82, 2.24) is 5.32 Å². The van der Waals surface area contributed by atoms with E-state index in [-0.39, 0.29) is 11.6 Å². The number of ether oxygens (including phenoxy) is 1. The first kappa shape index (κ1) is 17.5. The van der Waals surface area contributed by atoms with Gasteiger partial charge in [-0.15, -0.1) is 0 Å². The Morgan fingerprint density at radius 1 is 1.12 bits per heavy atom. The lowest BCUT2D eigenvalue weighted by atomic mass is 10.1. The number of amides is 1. The van der Waals surface area contributed by atoms with E-state index in [4.69, 9.17) is 4.74 Å². The van der Waals surface area contributed by atoms with Crippen molar-refractivity contribution in [2.45, 2.75) is 20.8 Å². The van der Waals surface area contributed by atoms with Crippen LogP contribution in [0.5, 0.6) is 5.75 Å². The Kier molecular flexibility index (Phi) is 5.52. The number of benzene rings is 2. The van der Waals surface area contributed by atoms with Crippen molar-refractivity contribution in [3.8, 4) is 5.75 Å². The third kappa shape index (κ3) is 4.32. The maximum Gasteiger partial charge on any atom is 0.272 e. The minimum absolute atomic E-state index is 0.00438. The first-order valence-electron chi connectivity index (χ1n) is 7.62. The number of nitro benzene ring substituents is 1. The van der Waals surface area contributed by atoms with E-state index in [0.717, 1.165) is 11.3 Å². The largest absolute Gasteiger partial charge is 0.491 e. The summed E-state index contributed by atoms with van der Waals surface area (Å²) >= 11 is 0. The van der Waals surface area contributed by atoms with Gasteiger partial charge in [0.1, 0.15) is 12.4 Å². The second-order valence-electron chi connectivity index (χ2n) is 5.63. The molecular formula is C18H20N2O4. The maximum atomic E-state index is 12.1. The molecule has 0 spiro atoms. The fraction of sp³-hybridized carbons (Fsp3) is 0.278. The van der Waals surface area contributed by atoms with Gasteiger partial charge < -0.3 is 10.1 Å². The van der Waals surface area contributed by atoms with Gasteiger partial charge in [-0.3, -0.25) is 14.9 Å². The minimum atomic E-state index is -0.464. The molecule has 0 radical (unpaired) electrons. The number of nitrogens with one attached hydrogen (secondary N) is 1. The first-order chi connectivity index (χ1) is 11.4. The zero-order valence-corrected chi connectivity index (χ0v) is 14.0. The smallest absolute Gasteiger partial charge is 0.272 e. The third-order valence-electron chi connectivity index (χ3n) is 3.63. The summed E-state index contributed by atoms with van der Waals surface area (Å²) < 4.78 is 5.65. The highest BCUT2D eigenvalue weighted by Crippen LogP contribution is 2.19. The summed E-state index contributed by atoms with van der Waals surface area (Å²) in [5, 5.41) is 13.5. The normalized spacial score (nSPS) is 10.3. The number of hydrogen-bond donors (Lipinski definition) is 1. The fourth-order valence-electron chi connectivity index (χ4n) is 2.39. The Morgan fingerprint density at radius 2 is 1.88 bits per heavy atom. The van der Waals surface area contributed by atoms with Crippen molar-refractivity contribution in [1.29, 1.82) is 0 Å². The van der Waals surface area contributed by atoms with Gasteiger partial charge in [0, 0.05) is 17.2 Å². The third-order valence-corrected chi connectivity index (χ3v) is 3.63. The topological polar surface area (TPSA) is 81.5 Å². The Balaban J connectivity index is 1.87. The fourth-order valence-corrected chi connectivity index (χ4v) is 2.39. The standard InChI is InChI=1S/C18H20N2O4/c1-12-4-7-17(14(3)10-12)24-9-8-19-18(21)15-5-6-16(20(22)23)13(2)11-15/h4-7,10-11H,8-9H2,1-3H3,(H,19,21). The molecular weight excluding hydrogens is 308 g/mol. The van der Waals surface area contributed by atoms with Crippen molar-refractivity contribution >= 4 is 11.6 Å². The molecule has 0 fully saturated rings. The molecule has 0 saturated heterocycles. The quantitative estimate of drug-likeness (QED) is 0.501. The summed E-state index contributed by atoms with van der Waals surface area (Å²) in [4.78, 5) is 22.4. The van der Waals surface area contributed by atoms with Crippen molar-refractivity contribution in [3.05, 3.63) is 68.8 Å². The predicted octanol–water partition coefficient (Wildman–Crippen LogP) is 3.33. The van der Waals surface area contributed by atoms with Gasteiger partial charge in [-0.05, 0) is 44.5 Å². The van der Waals surface area contributed by atoms with Crippen LogP contribution < -0.4 is 10.1 Å². The number of hydrogen-bond acceptors (Lipinski definition) is 4. The van der Waals surface area contributed by atoms with Gasteiger partial charge in [-0.2, -0.15) is 0 Å². The number of rotatable bonds is 6. The molecule has 0 atom stereocenters. The van der Waals surface area contributed by atoms with Gasteiger partial charge in [0.05, 0.1) is 11.5 Å².